The van der Waals surface area contributed by atoms with Crippen LogP contribution in [0.5, 0.6) is 0 Å². The predicted molar refractivity (Wildman–Crippen MR) is 71.7 cm³/mol. The van der Waals surface area contributed by atoms with Gasteiger partial charge in [0.15, 0.2) is 0 Å². The van der Waals surface area contributed by atoms with E-state index in [0.29, 0.717) is 0 Å². The van der Waals surface area contributed by atoms with E-state index in [9.17, 15) is 0 Å². The van der Waals surface area contributed by atoms with Gasteiger partial charge in [-0.25, -0.2) is 0 Å². The first kappa shape index (κ1) is 12.1. The lowest BCUT2D eigenvalue weighted by Gasteiger charge is -2.15. The van der Waals surface area contributed by atoms with Crippen LogP contribution in [0.15, 0.2) is 34.7 Å². The number of para-hydroxylation sites is 1. The normalized spacial score (nSPS) is 12.5. The molecule has 0 saturated carbocycles. The van der Waals surface area contributed by atoms with Crippen molar-refractivity contribution >= 4 is 17.3 Å². The summed E-state index contributed by atoms with van der Waals surface area (Å²) in [5, 5.41) is 4.12. The van der Waals surface area contributed by atoms with Crippen LogP contribution >= 0.6 is 11.6 Å². The van der Waals surface area contributed by atoms with Crippen molar-refractivity contribution in [1.29, 1.82) is 0 Å². The van der Waals surface area contributed by atoms with Crippen LogP contribution in [0.4, 0.5) is 5.69 Å². The minimum Gasteiger partial charge on any atom is -0.466 e. The van der Waals surface area contributed by atoms with Gasteiger partial charge in [0.1, 0.15) is 11.5 Å². The Bertz CT molecular complexity index is 519. The Balaban J connectivity index is 2.20. The number of benzene rings is 1. The Morgan fingerprint density at radius 2 is 1.94 bits per heavy atom. The van der Waals surface area contributed by atoms with Gasteiger partial charge in [0, 0.05) is 5.56 Å². The van der Waals surface area contributed by atoms with Gasteiger partial charge in [0.25, 0.3) is 0 Å². The summed E-state index contributed by atoms with van der Waals surface area (Å²) < 4.78 is 5.53. The van der Waals surface area contributed by atoms with Crippen molar-refractivity contribution in [3.8, 4) is 0 Å². The van der Waals surface area contributed by atoms with Crippen molar-refractivity contribution in [1.82, 2.24) is 0 Å². The fraction of sp³-hybridized carbons (Fsp3) is 0.286. The molecule has 90 valence electrons. The molecule has 1 unspecified atom stereocenters. The second-order valence-corrected chi connectivity index (χ2v) is 4.62. The van der Waals surface area contributed by atoms with Crippen LogP contribution in [0.3, 0.4) is 0 Å². The van der Waals surface area contributed by atoms with Crippen LogP contribution in [0, 0.1) is 13.8 Å². The summed E-state index contributed by atoms with van der Waals surface area (Å²) in [5.41, 5.74) is 2.11. The molecule has 2 aromatic rings. The van der Waals surface area contributed by atoms with Gasteiger partial charge in [0.2, 0.25) is 0 Å². The molecular weight excluding hydrogens is 234 g/mol. The maximum atomic E-state index is 6.11. The zero-order valence-corrected chi connectivity index (χ0v) is 11.0. The molecule has 0 spiro atoms. The summed E-state index contributed by atoms with van der Waals surface area (Å²) in [5.74, 6) is 1.89. The van der Waals surface area contributed by atoms with E-state index in [1.165, 1.54) is 5.56 Å². The van der Waals surface area contributed by atoms with Crippen LogP contribution in [0.2, 0.25) is 5.02 Å². The minimum absolute atomic E-state index is 0.173. The third kappa shape index (κ3) is 2.64. The lowest BCUT2D eigenvalue weighted by Crippen LogP contribution is -2.07. The molecule has 0 aliphatic carbocycles. The summed E-state index contributed by atoms with van der Waals surface area (Å²) in [6.45, 7) is 6.03. The Hall–Kier alpha value is -1.41. The summed E-state index contributed by atoms with van der Waals surface area (Å²) in [6, 6.07) is 9.97. The Labute approximate surface area is 107 Å². The van der Waals surface area contributed by atoms with Crippen molar-refractivity contribution in [3.05, 3.63) is 52.4 Å². The van der Waals surface area contributed by atoms with Crippen LogP contribution in [-0.2, 0) is 0 Å². The van der Waals surface area contributed by atoms with Crippen LogP contribution in [0.25, 0.3) is 0 Å². The SMILES string of the molecule is Cc1cc(C(C)Nc2ccccc2Cl)c(C)o1. The van der Waals surface area contributed by atoms with Gasteiger partial charge in [-0.1, -0.05) is 23.7 Å². The van der Waals surface area contributed by atoms with Crippen LogP contribution < -0.4 is 5.32 Å². The number of furan rings is 1. The maximum Gasteiger partial charge on any atom is 0.106 e. The molecule has 1 N–H and O–H groups in total. The van der Waals surface area contributed by atoms with Gasteiger partial charge in [0.05, 0.1) is 16.8 Å². The lowest BCUT2D eigenvalue weighted by molar-refractivity contribution is 0.500. The third-order valence-electron chi connectivity index (χ3n) is 2.79. The molecule has 2 rings (SSSR count). The fourth-order valence-electron chi connectivity index (χ4n) is 1.97. The zero-order chi connectivity index (χ0) is 12.4. The van der Waals surface area contributed by atoms with Gasteiger partial charge in [-0.2, -0.15) is 0 Å². The Morgan fingerprint density at radius 1 is 1.24 bits per heavy atom. The molecule has 1 atom stereocenters. The van der Waals surface area contributed by atoms with Crippen molar-refractivity contribution in [2.24, 2.45) is 0 Å². The maximum absolute atomic E-state index is 6.11. The molecule has 1 aromatic heterocycles. The van der Waals surface area contributed by atoms with E-state index < -0.39 is 0 Å². The van der Waals surface area contributed by atoms with E-state index in [-0.39, 0.29) is 6.04 Å². The quantitative estimate of drug-likeness (QED) is 0.851. The summed E-state index contributed by atoms with van der Waals surface area (Å²) in [6.07, 6.45) is 0. The number of hydrogen-bond acceptors (Lipinski definition) is 2. The van der Waals surface area contributed by atoms with E-state index in [1.54, 1.807) is 0 Å². The van der Waals surface area contributed by atoms with E-state index in [4.69, 9.17) is 16.0 Å². The predicted octanol–water partition coefficient (Wildman–Crippen LogP) is 4.72. The van der Waals surface area contributed by atoms with Crippen LogP contribution in [0.1, 0.15) is 30.0 Å². The third-order valence-corrected chi connectivity index (χ3v) is 3.12. The highest BCUT2D eigenvalue weighted by Gasteiger charge is 2.13. The van der Waals surface area contributed by atoms with E-state index >= 15 is 0 Å². The number of halogens is 1. The average Bonchev–Trinajstić information content (AvgIpc) is 2.61. The van der Waals surface area contributed by atoms with E-state index in [2.05, 4.69) is 18.3 Å². The topological polar surface area (TPSA) is 25.2 Å². The summed E-state index contributed by atoms with van der Waals surface area (Å²) >= 11 is 6.11. The molecule has 0 amide bonds. The largest absolute Gasteiger partial charge is 0.466 e. The van der Waals surface area contributed by atoms with Crippen molar-refractivity contribution in [2.45, 2.75) is 26.8 Å². The minimum atomic E-state index is 0.173. The second kappa shape index (κ2) is 4.84. The summed E-state index contributed by atoms with van der Waals surface area (Å²) in [4.78, 5) is 0. The molecule has 0 aliphatic heterocycles. The van der Waals surface area contributed by atoms with Crippen molar-refractivity contribution in [2.75, 3.05) is 5.32 Å². The molecule has 0 saturated heterocycles. The molecule has 0 radical (unpaired) electrons. The average molecular weight is 250 g/mol. The van der Waals surface area contributed by atoms with Gasteiger partial charge < -0.3 is 9.73 Å². The molecule has 0 aliphatic rings. The van der Waals surface area contributed by atoms with Crippen molar-refractivity contribution in [3.63, 3.8) is 0 Å². The van der Waals surface area contributed by atoms with Gasteiger partial charge in [-0.15, -0.1) is 0 Å². The first-order chi connectivity index (χ1) is 8.08. The molecule has 1 aromatic carbocycles. The second-order valence-electron chi connectivity index (χ2n) is 4.21. The van der Waals surface area contributed by atoms with E-state index in [1.807, 2.05) is 38.1 Å². The molecule has 3 heteroatoms. The van der Waals surface area contributed by atoms with Gasteiger partial charge in [-0.05, 0) is 39.0 Å². The van der Waals surface area contributed by atoms with E-state index in [0.717, 1.165) is 22.2 Å². The van der Waals surface area contributed by atoms with Gasteiger partial charge >= 0.3 is 0 Å². The molecule has 0 bridgehead atoms. The highest BCUT2D eigenvalue weighted by molar-refractivity contribution is 6.33. The fourth-order valence-corrected chi connectivity index (χ4v) is 2.16. The number of hydrogen-bond donors (Lipinski definition) is 1. The number of aryl methyl sites for hydroxylation is 2. The first-order valence-electron chi connectivity index (χ1n) is 5.66. The highest BCUT2D eigenvalue weighted by Crippen LogP contribution is 2.28. The summed E-state index contributed by atoms with van der Waals surface area (Å²) in [7, 11) is 0. The standard InChI is InChI=1S/C14H16ClNO/c1-9-8-12(11(3)17-9)10(2)16-14-7-5-4-6-13(14)15/h4-8,10,16H,1-3H3. The molecular formula is C14H16ClNO. The Kier molecular flexibility index (Phi) is 3.43. The highest BCUT2D eigenvalue weighted by atomic mass is 35.5. The lowest BCUT2D eigenvalue weighted by atomic mass is 10.1. The number of anilines is 1. The van der Waals surface area contributed by atoms with Crippen molar-refractivity contribution < 1.29 is 4.42 Å². The smallest absolute Gasteiger partial charge is 0.106 e. The molecule has 2 nitrogen and oxygen atoms in total. The molecule has 17 heavy (non-hydrogen) atoms. The Morgan fingerprint density at radius 3 is 2.53 bits per heavy atom. The zero-order valence-electron chi connectivity index (χ0n) is 10.3. The van der Waals surface area contributed by atoms with Gasteiger partial charge in [-0.3, -0.25) is 0 Å². The molecule has 0 fully saturated rings. The first-order valence-corrected chi connectivity index (χ1v) is 6.03. The number of nitrogens with one attached hydrogen (secondary N) is 1. The van der Waals surface area contributed by atoms with Crippen LogP contribution in [-0.4, -0.2) is 0 Å². The molecule has 1 heterocycles. The monoisotopic (exact) mass is 249 g/mol. The number of rotatable bonds is 3.